The van der Waals surface area contributed by atoms with Gasteiger partial charge in [0.25, 0.3) is 0 Å². The van der Waals surface area contributed by atoms with Crippen LogP contribution in [0, 0.1) is 5.92 Å². The quantitative estimate of drug-likeness (QED) is 0.836. The molecule has 0 saturated carbocycles. The molecule has 1 aliphatic rings. The summed E-state index contributed by atoms with van der Waals surface area (Å²) in [5, 5.41) is 3.43. The molecule has 2 rings (SSSR count). The van der Waals surface area contributed by atoms with Crippen molar-refractivity contribution in [2.24, 2.45) is 5.92 Å². The van der Waals surface area contributed by atoms with E-state index in [-0.39, 0.29) is 24.8 Å². The van der Waals surface area contributed by atoms with E-state index in [1.54, 1.807) is 14.2 Å². The molecule has 1 saturated heterocycles. The summed E-state index contributed by atoms with van der Waals surface area (Å²) in [6.07, 6.45) is 1.17. The fraction of sp³-hybridized carbons (Fsp3) is 0.647. The molecule has 0 aliphatic carbocycles. The molecule has 0 bridgehead atoms. The average Bonchev–Trinajstić information content (AvgIpc) is 2.55. The van der Waals surface area contributed by atoms with Crippen LogP contribution < -0.4 is 14.8 Å². The molecule has 23 heavy (non-hydrogen) atoms. The summed E-state index contributed by atoms with van der Waals surface area (Å²) in [7, 11) is 3.38. The Morgan fingerprint density at radius 1 is 1.09 bits per heavy atom. The minimum Gasteiger partial charge on any atom is -0.493 e. The van der Waals surface area contributed by atoms with Crippen LogP contribution in [0.25, 0.3) is 0 Å². The zero-order chi connectivity index (χ0) is 15.2. The van der Waals surface area contributed by atoms with Gasteiger partial charge in [-0.15, -0.1) is 24.8 Å². The number of hydrogen-bond acceptors (Lipinski definition) is 4. The predicted molar refractivity (Wildman–Crippen MR) is 101 cm³/mol. The second-order valence-corrected chi connectivity index (χ2v) is 5.73. The lowest BCUT2D eigenvalue weighted by Gasteiger charge is -2.38. The standard InChI is InChI=1S/C17H28N2O2.2ClH/c1-5-13(2)17(19-10-8-18-9-11-19)14-6-7-15(20-3)16(12-14)21-4;;/h6-7,12-13,17-18H,5,8-11H2,1-4H3;2*1H/t13?,17-;;/m0../s1. The smallest absolute Gasteiger partial charge is 0.161 e. The lowest BCUT2D eigenvalue weighted by atomic mass is 9.90. The van der Waals surface area contributed by atoms with Crippen molar-refractivity contribution < 1.29 is 9.47 Å². The Kier molecular flexibility index (Phi) is 10.7. The predicted octanol–water partition coefficient (Wildman–Crippen LogP) is 3.54. The van der Waals surface area contributed by atoms with Gasteiger partial charge in [-0.05, 0) is 23.6 Å². The lowest BCUT2D eigenvalue weighted by Crippen LogP contribution is -2.46. The highest BCUT2D eigenvalue weighted by Crippen LogP contribution is 2.36. The number of hydrogen-bond donors (Lipinski definition) is 1. The first-order chi connectivity index (χ1) is 10.2. The van der Waals surface area contributed by atoms with E-state index in [1.165, 1.54) is 12.0 Å². The number of halogens is 2. The van der Waals surface area contributed by atoms with E-state index in [0.29, 0.717) is 12.0 Å². The van der Waals surface area contributed by atoms with Gasteiger partial charge in [0.2, 0.25) is 0 Å². The van der Waals surface area contributed by atoms with Gasteiger partial charge >= 0.3 is 0 Å². The minimum absolute atomic E-state index is 0. The Bertz CT molecular complexity index is 454. The fourth-order valence-electron chi connectivity index (χ4n) is 3.12. The van der Waals surface area contributed by atoms with Gasteiger partial charge in [0.1, 0.15) is 0 Å². The van der Waals surface area contributed by atoms with Crippen LogP contribution in [-0.2, 0) is 0 Å². The number of piperazine rings is 1. The first kappa shape index (κ1) is 22.3. The molecule has 1 aliphatic heterocycles. The Labute approximate surface area is 152 Å². The van der Waals surface area contributed by atoms with Crippen LogP contribution in [0.2, 0.25) is 0 Å². The highest BCUT2D eigenvalue weighted by atomic mass is 35.5. The van der Waals surface area contributed by atoms with E-state index >= 15 is 0 Å². The van der Waals surface area contributed by atoms with Gasteiger partial charge in [-0.1, -0.05) is 26.3 Å². The molecular weight excluding hydrogens is 335 g/mol. The molecule has 0 radical (unpaired) electrons. The molecule has 1 fully saturated rings. The van der Waals surface area contributed by atoms with Crippen LogP contribution in [0.5, 0.6) is 11.5 Å². The van der Waals surface area contributed by atoms with Gasteiger partial charge in [0.05, 0.1) is 14.2 Å². The van der Waals surface area contributed by atoms with Crippen molar-refractivity contribution in [2.75, 3.05) is 40.4 Å². The van der Waals surface area contributed by atoms with Gasteiger partial charge in [-0.2, -0.15) is 0 Å². The largest absolute Gasteiger partial charge is 0.493 e. The maximum absolute atomic E-state index is 5.47. The number of nitrogens with one attached hydrogen (secondary N) is 1. The third-order valence-electron chi connectivity index (χ3n) is 4.48. The van der Waals surface area contributed by atoms with Crippen molar-refractivity contribution in [3.05, 3.63) is 23.8 Å². The lowest BCUT2D eigenvalue weighted by molar-refractivity contribution is 0.128. The van der Waals surface area contributed by atoms with E-state index in [2.05, 4.69) is 36.2 Å². The third-order valence-corrected chi connectivity index (χ3v) is 4.48. The summed E-state index contributed by atoms with van der Waals surface area (Å²) in [6.45, 7) is 8.94. The molecule has 0 spiro atoms. The van der Waals surface area contributed by atoms with Crippen molar-refractivity contribution in [3.8, 4) is 11.5 Å². The molecule has 1 aromatic rings. The molecule has 1 aromatic carbocycles. The molecular formula is C17H30Cl2N2O2. The van der Waals surface area contributed by atoms with Crippen molar-refractivity contribution in [1.29, 1.82) is 0 Å². The van der Waals surface area contributed by atoms with Crippen LogP contribution >= 0.6 is 24.8 Å². The second kappa shape index (κ2) is 11.0. The first-order valence-corrected chi connectivity index (χ1v) is 7.88. The SMILES string of the molecule is CCC(C)[C@@H](c1ccc(OC)c(OC)c1)N1CCNCC1.Cl.Cl. The number of ether oxygens (including phenoxy) is 2. The van der Waals surface area contributed by atoms with Gasteiger partial charge < -0.3 is 14.8 Å². The molecule has 0 amide bonds. The monoisotopic (exact) mass is 364 g/mol. The summed E-state index contributed by atoms with van der Waals surface area (Å²) >= 11 is 0. The van der Waals surface area contributed by atoms with E-state index in [9.17, 15) is 0 Å². The van der Waals surface area contributed by atoms with Gasteiger partial charge in [-0.3, -0.25) is 4.90 Å². The van der Waals surface area contributed by atoms with Crippen LogP contribution in [0.3, 0.4) is 0 Å². The van der Waals surface area contributed by atoms with E-state index in [4.69, 9.17) is 9.47 Å². The Morgan fingerprint density at radius 2 is 1.70 bits per heavy atom. The fourth-order valence-corrected chi connectivity index (χ4v) is 3.12. The van der Waals surface area contributed by atoms with Crippen LogP contribution in [0.4, 0.5) is 0 Å². The molecule has 1 N–H and O–H groups in total. The Morgan fingerprint density at radius 3 is 2.22 bits per heavy atom. The summed E-state index contributed by atoms with van der Waals surface area (Å²) in [5.41, 5.74) is 1.32. The molecule has 1 heterocycles. The number of rotatable bonds is 6. The molecule has 2 atom stereocenters. The molecule has 0 aromatic heterocycles. The normalized spacial score (nSPS) is 17.4. The first-order valence-electron chi connectivity index (χ1n) is 7.88. The maximum Gasteiger partial charge on any atom is 0.161 e. The number of benzene rings is 1. The zero-order valence-electron chi connectivity index (χ0n) is 14.5. The highest BCUT2D eigenvalue weighted by molar-refractivity contribution is 5.85. The third kappa shape index (κ3) is 5.42. The summed E-state index contributed by atoms with van der Waals surface area (Å²) < 4.78 is 10.8. The van der Waals surface area contributed by atoms with Crippen LogP contribution in [0.1, 0.15) is 31.9 Å². The molecule has 6 heteroatoms. The summed E-state index contributed by atoms with van der Waals surface area (Å²) in [6, 6.07) is 6.78. The topological polar surface area (TPSA) is 33.7 Å². The molecule has 134 valence electrons. The van der Waals surface area contributed by atoms with Crippen molar-refractivity contribution in [3.63, 3.8) is 0 Å². The van der Waals surface area contributed by atoms with E-state index in [0.717, 1.165) is 37.7 Å². The van der Waals surface area contributed by atoms with Gasteiger partial charge in [0, 0.05) is 32.2 Å². The maximum atomic E-state index is 5.47. The van der Waals surface area contributed by atoms with Gasteiger partial charge in [-0.25, -0.2) is 0 Å². The second-order valence-electron chi connectivity index (χ2n) is 5.73. The van der Waals surface area contributed by atoms with Crippen LogP contribution in [-0.4, -0.2) is 45.3 Å². The van der Waals surface area contributed by atoms with Crippen molar-refractivity contribution >= 4 is 24.8 Å². The molecule has 4 nitrogen and oxygen atoms in total. The van der Waals surface area contributed by atoms with Crippen LogP contribution in [0.15, 0.2) is 18.2 Å². The average molecular weight is 365 g/mol. The van der Waals surface area contributed by atoms with Gasteiger partial charge in [0.15, 0.2) is 11.5 Å². The van der Waals surface area contributed by atoms with Crippen molar-refractivity contribution in [2.45, 2.75) is 26.3 Å². The molecule has 1 unspecified atom stereocenters. The highest BCUT2D eigenvalue weighted by Gasteiger charge is 2.27. The van der Waals surface area contributed by atoms with E-state index < -0.39 is 0 Å². The van der Waals surface area contributed by atoms with Crippen molar-refractivity contribution in [1.82, 2.24) is 10.2 Å². The zero-order valence-corrected chi connectivity index (χ0v) is 16.1. The van der Waals surface area contributed by atoms with E-state index in [1.807, 2.05) is 6.07 Å². The Hall–Kier alpha value is -0.680. The summed E-state index contributed by atoms with van der Waals surface area (Å²) in [5.74, 6) is 2.23. The number of nitrogens with zero attached hydrogens (tertiary/aromatic N) is 1. The summed E-state index contributed by atoms with van der Waals surface area (Å²) in [4.78, 5) is 2.59. The number of methoxy groups -OCH3 is 2. The Balaban J connectivity index is 0.00000242. The minimum atomic E-state index is 0.